The SMILES string of the molecule is CC(C)(C)NCCNc1ccc(F)cc1S(=O)(=O)C(F)(F)F. The number of sulfone groups is 1. The van der Waals surface area contributed by atoms with E-state index in [1.54, 1.807) is 0 Å². The maximum absolute atomic E-state index is 13.1. The van der Waals surface area contributed by atoms with Crippen molar-refractivity contribution in [1.29, 1.82) is 0 Å². The summed E-state index contributed by atoms with van der Waals surface area (Å²) in [7, 11) is -5.62. The molecule has 0 aromatic heterocycles. The van der Waals surface area contributed by atoms with E-state index in [-0.39, 0.29) is 17.8 Å². The van der Waals surface area contributed by atoms with Crippen LogP contribution in [0.2, 0.25) is 0 Å². The lowest BCUT2D eigenvalue weighted by atomic mass is 10.1. The molecule has 2 N–H and O–H groups in total. The monoisotopic (exact) mass is 342 g/mol. The molecule has 4 nitrogen and oxygen atoms in total. The zero-order chi connectivity index (χ0) is 17.2. The molecule has 0 aliphatic carbocycles. The Morgan fingerprint density at radius 2 is 1.68 bits per heavy atom. The van der Waals surface area contributed by atoms with Gasteiger partial charge < -0.3 is 10.6 Å². The quantitative estimate of drug-likeness (QED) is 0.638. The van der Waals surface area contributed by atoms with Gasteiger partial charge in [-0.1, -0.05) is 0 Å². The van der Waals surface area contributed by atoms with Crippen molar-refractivity contribution in [3.63, 3.8) is 0 Å². The number of hydrogen-bond donors (Lipinski definition) is 2. The highest BCUT2D eigenvalue weighted by molar-refractivity contribution is 7.92. The van der Waals surface area contributed by atoms with Crippen LogP contribution < -0.4 is 10.6 Å². The first-order valence-electron chi connectivity index (χ1n) is 6.44. The molecule has 22 heavy (non-hydrogen) atoms. The van der Waals surface area contributed by atoms with Crippen LogP contribution in [0.5, 0.6) is 0 Å². The summed E-state index contributed by atoms with van der Waals surface area (Å²) in [4.78, 5) is -1.12. The molecule has 0 atom stereocenters. The first kappa shape index (κ1) is 18.7. The van der Waals surface area contributed by atoms with Crippen LogP contribution in [0.15, 0.2) is 23.1 Å². The van der Waals surface area contributed by atoms with E-state index in [2.05, 4.69) is 10.6 Å². The van der Waals surface area contributed by atoms with E-state index in [9.17, 15) is 26.0 Å². The summed E-state index contributed by atoms with van der Waals surface area (Å²) in [6.45, 7) is 6.30. The lowest BCUT2D eigenvalue weighted by Crippen LogP contribution is -2.38. The van der Waals surface area contributed by atoms with E-state index < -0.39 is 26.1 Å². The minimum Gasteiger partial charge on any atom is -0.383 e. The van der Waals surface area contributed by atoms with Crippen LogP contribution in [0.3, 0.4) is 0 Å². The van der Waals surface area contributed by atoms with Crippen molar-refractivity contribution < 1.29 is 26.0 Å². The maximum Gasteiger partial charge on any atom is 0.501 e. The van der Waals surface area contributed by atoms with Gasteiger partial charge in [0.15, 0.2) is 0 Å². The summed E-state index contributed by atoms with van der Waals surface area (Å²) in [5.74, 6) is -1.05. The first-order valence-corrected chi connectivity index (χ1v) is 7.93. The molecule has 9 heteroatoms. The van der Waals surface area contributed by atoms with Gasteiger partial charge in [0.1, 0.15) is 10.7 Å². The van der Waals surface area contributed by atoms with E-state index >= 15 is 0 Å². The molecule has 1 rings (SSSR count). The predicted molar refractivity (Wildman–Crippen MR) is 75.9 cm³/mol. The summed E-state index contributed by atoms with van der Waals surface area (Å²) < 4.78 is 74.0. The summed E-state index contributed by atoms with van der Waals surface area (Å²) in [5.41, 5.74) is -5.96. The summed E-state index contributed by atoms with van der Waals surface area (Å²) in [6.07, 6.45) is 0. The molecular formula is C13H18F4N2O2S. The lowest BCUT2D eigenvalue weighted by Gasteiger charge is -2.21. The molecule has 0 aliphatic heterocycles. The largest absolute Gasteiger partial charge is 0.501 e. The third-order valence-corrected chi connectivity index (χ3v) is 4.16. The zero-order valence-electron chi connectivity index (χ0n) is 12.4. The van der Waals surface area contributed by atoms with Gasteiger partial charge in [-0.3, -0.25) is 0 Å². The summed E-state index contributed by atoms with van der Waals surface area (Å²) >= 11 is 0. The maximum atomic E-state index is 13.1. The van der Waals surface area contributed by atoms with Crippen molar-refractivity contribution in [2.45, 2.75) is 36.7 Å². The summed E-state index contributed by atoms with van der Waals surface area (Å²) in [5, 5.41) is 5.67. The minimum atomic E-state index is -5.62. The van der Waals surface area contributed by atoms with Crippen LogP contribution >= 0.6 is 0 Å². The molecule has 0 fully saturated rings. The standard InChI is InChI=1S/C13H18F4N2O2S/c1-12(2,3)19-7-6-18-10-5-4-9(14)8-11(10)22(20,21)13(15,16)17/h4-5,8,18-19H,6-7H2,1-3H3. The van der Waals surface area contributed by atoms with E-state index in [1.807, 2.05) is 20.8 Å². The van der Waals surface area contributed by atoms with Crippen molar-refractivity contribution in [1.82, 2.24) is 5.32 Å². The molecule has 0 saturated carbocycles. The van der Waals surface area contributed by atoms with Crippen LogP contribution in [-0.2, 0) is 9.84 Å². The number of hydrogen-bond acceptors (Lipinski definition) is 4. The van der Waals surface area contributed by atoms with Gasteiger partial charge in [0.25, 0.3) is 9.84 Å². The molecule has 1 aromatic carbocycles. The van der Waals surface area contributed by atoms with Crippen molar-refractivity contribution in [3.8, 4) is 0 Å². The fourth-order valence-corrected chi connectivity index (χ4v) is 2.57. The van der Waals surface area contributed by atoms with Crippen LogP contribution in [-0.4, -0.2) is 32.6 Å². The molecule has 0 saturated heterocycles. The van der Waals surface area contributed by atoms with Crippen LogP contribution in [0.25, 0.3) is 0 Å². The predicted octanol–water partition coefficient (Wildman–Crippen LogP) is 2.92. The number of halogens is 4. The van der Waals surface area contributed by atoms with Gasteiger partial charge in [-0.15, -0.1) is 0 Å². The highest BCUT2D eigenvalue weighted by Gasteiger charge is 2.48. The van der Waals surface area contributed by atoms with Crippen LogP contribution in [0, 0.1) is 5.82 Å². The molecule has 0 spiro atoms. The molecular weight excluding hydrogens is 324 g/mol. The molecule has 0 aliphatic rings. The Labute approximate surface area is 126 Å². The second-order valence-electron chi connectivity index (χ2n) is 5.69. The number of anilines is 1. The highest BCUT2D eigenvalue weighted by atomic mass is 32.2. The first-order chi connectivity index (χ1) is 9.84. The average Bonchev–Trinajstić information content (AvgIpc) is 2.33. The molecule has 0 unspecified atom stereocenters. The Hall–Kier alpha value is -1.35. The second kappa shape index (κ2) is 6.41. The van der Waals surface area contributed by atoms with Crippen molar-refractivity contribution in [2.24, 2.45) is 0 Å². The molecule has 126 valence electrons. The normalized spacial score (nSPS) is 13.2. The van der Waals surface area contributed by atoms with Gasteiger partial charge in [0.05, 0.1) is 5.69 Å². The Bertz CT molecular complexity index is 622. The van der Waals surface area contributed by atoms with Gasteiger partial charge in [-0.05, 0) is 39.0 Å². The van der Waals surface area contributed by atoms with Crippen molar-refractivity contribution >= 4 is 15.5 Å². The van der Waals surface area contributed by atoms with E-state index in [0.29, 0.717) is 12.6 Å². The highest BCUT2D eigenvalue weighted by Crippen LogP contribution is 2.34. The smallest absolute Gasteiger partial charge is 0.383 e. The summed E-state index contributed by atoms with van der Waals surface area (Å²) in [6, 6.07) is 2.24. The number of benzene rings is 1. The molecule has 1 aromatic rings. The van der Waals surface area contributed by atoms with Crippen molar-refractivity contribution in [3.05, 3.63) is 24.0 Å². The fourth-order valence-electron chi connectivity index (χ4n) is 1.62. The number of nitrogens with one attached hydrogen (secondary N) is 2. The fraction of sp³-hybridized carbons (Fsp3) is 0.538. The Kier molecular flexibility index (Phi) is 5.45. The Balaban J connectivity index is 2.98. The Morgan fingerprint density at radius 1 is 1.09 bits per heavy atom. The van der Waals surface area contributed by atoms with Crippen LogP contribution in [0.1, 0.15) is 20.8 Å². The average molecular weight is 342 g/mol. The van der Waals surface area contributed by atoms with Gasteiger partial charge in [0, 0.05) is 18.6 Å². The molecule has 0 bridgehead atoms. The van der Waals surface area contributed by atoms with Gasteiger partial charge in [-0.25, -0.2) is 12.8 Å². The zero-order valence-corrected chi connectivity index (χ0v) is 13.2. The third-order valence-electron chi connectivity index (χ3n) is 2.63. The Morgan fingerprint density at radius 3 is 2.18 bits per heavy atom. The van der Waals surface area contributed by atoms with Crippen molar-refractivity contribution in [2.75, 3.05) is 18.4 Å². The van der Waals surface area contributed by atoms with E-state index in [4.69, 9.17) is 0 Å². The third kappa shape index (κ3) is 4.84. The molecule has 0 heterocycles. The number of alkyl halides is 3. The van der Waals surface area contributed by atoms with Crippen LogP contribution in [0.4, 0.5) is 23.2 Å². The molecule has 0 amide bonds. The van der Waals surface area contributed by atoms with E-state index in [0.717, 1.165) is 12.1 Å². The van der Waals surface area contributed by atoms with E-state index in [1.165, 1.54) is 0 Å². The van der Waals surface area contributed by atoms with Gasteiger partial charge >= 0.3 is 5.51 Å². The van der Waals surface area contributed by atoms with Gasteiger partial charge in [0.2, 0.25) is 0 Å². The second-order valence-corrected chi connectivity index (χ2v) is 7.60. The molecule has 0 radical (unpaired) electrons. The number of rotatable bonds is 5. The lowest BCUT2D eigenvalue weighted by molar-refractivity contribution is -0.0435. The minimum absolute atomic E-state index is 0.184. The topological polar surface area (TPSA) is 58.2 Å². The van der Waals surface area contributed by atoms with Gasteiger partial charge in [-0.2, -0.15) is 13.2 Å².